The second-order valence-electron chi connectivity index (χ2n) is 5.98. The van der Waals surface area contributed by atoms with Crippen LogP contribution in [-0.4, -0.2) is 34.9 Å². The number of likely N-dealkylation sites (N-methyl/N-ethyl adjacent to an activating group) is 1. The van der Waals surface area contributed by atoms with Gasteiger partial charge in [0.15, 0.2) is 0 Å². The van der Waals surface area contributed by atoms with E-state index in [0.29, 0.717) is 18.9 Å². The second-order valence-corrected chi connectivity index (χ2v) is 7.45. The Labute approximate surface area is 128 Å². The molecule has 0 amide bonds. The Morgan fingerprint density at radius 3 is 2.57 bits per heavy atom. The lowest BCUT2D eigenvalue weighted by atomic mass is 10.0. The molecule has 0 bridgehead atoms. The van der Waals surface area contributed by atoms with Crippen LogP contribution in [0.4, 0.5) is 0 Å². The van der Waals surface area contributed by atoms with Crippen molar-refractivity contribution in [1.29, 1.82) is 0 Å². The van der Waals surface area contributed by atoms with Gasteiger partial charge in [0.05, 0.1) is 12.6 Å². The Kier molecular flexibility index (Phi) is 6.83. The van der Waals surface area contributed by atoms with Crippen LogP contribution in [0.25, 0.3) is 0 Å². The van der Waals surface area contributed by atoms with E-state index < -0.39 is 10.3 Å². The van der Waals surface area contributed by atoms with Crippen molar-refractivity contribution in [1.82, 2.24) is 8.87 Å². The zero-order chi connectivity index (χ0) is 16.0. The molecule has 0 saturated heterocycles. The third kappa shape index (κ3) is 6.15. The number of aryl methyl sites for hydroxylation is 1. The van der Waals surface area contributed by atoms with E-state index in [9.17, 15) is 13.0 Å². The Balaban J connectivity index is 2.78. The maximum Gasteiger partial charge on any atom is 0.336 e. The second kappa shape index (κ2) is 7.91. The number of hydrogen-bond donors (Lipinski definition) is 1. The monoisotopic (exact) mass is 318 g/mol. The highest BCUT2D eigenvalue weighted by Gasteiger charge is 2.27. The average Bonchev–Trinajstić information content (AvgIpc) is 2.80. The molecular weight excluding hydrogens is 290 g/mol. The number of nitrogens with zero attached hydrogens (tertiary/aromatic N) is 3. The molecule has 1 aromatic heterocycles. The predicted octanol–water partition coefficient (Wildman–Crippen LogP) is 1.73. The first-order valence-electron chi connectivity index (χ1n) is 7.49. The van der Waals surface area contributed by atoms with Crippen molar-refractivity contribution in [3.05, 3.63) is 18.7 Å². The van der Waals surface area contributed by atoms with Crippen molar-refractivity contribution < 1.29 is 17.5 Å². The molecule has 0 aliphatic carbocycles. The summed E-state index contributed by atoms with van der Waals surface area (Å²) < 4.78 is 37.1. The lowest BCUT2D eigenvalue weighted by Crippen LogP contribution is -2.48. The molecule has 1 atom stereocenters. The fraction of sp³-hybridized carbons (Fsp3) is 0.786. The fourth-order valence-corrected chi connectivity index (χ4v) is 2.86. The number of hydrogen-bond acceptors (Lipinski definition) is 2. The molecule has 122 valence electrons. The van der Waals surface area contributed by atoms with Crippen LogP contribution in [0.1, 0.15) is 40.0 Å². The molecule has 0 unspecified atom stereocenters. The van der Waals surface area contributed by atoms with Crippen LogP contribution in [0, 0.1) is 5.92 Å². The Hall–Kier alpha value is -0.920. The zero-order valence-corrected chi connectivity index (χ0v) is 14.3. The van der Waals surface area contributed by atoms with E-state index in [4.69, 9.17) is 0 Å². The summed E-state index contributed by atoms with van der Waals surface area (Å²) >= 11 is 0. The smallest absolute Gasteiger partial charge is 0.273 e. The van der Waals surface area contributed by atoms with E-state index >= 15 is 0 Å². The summed E-state index contributed by atoms with van der Waals surface area (Å²) in [6, 6.07) is -0.257. The fourth-order valence-electron chi connectivity index (χ4n) is 2.33. The first-order chi connectivity index (χ1) is 9.74. The molecule has 0 aliphatic rings. The largest absolute Gasteiger partial charge is 0.336 e. The molecule has 1 N–H and O–H groups in total. The minimum Gasteiger partial charge on any atom is -0.273 e. The third-order valence-corrected chi connectivity index (χ3v) is 4.59. The molecule has 6 nitrogen and oxygen atoms in total. The number of imidazole rings is 1. The molecule has 7 heteroatoms. The molecule has 1 rings (SSSR count). The van der Waals surface area contributed by atoms with Crippen LogP contribution in [0.3, 0.4) is 0 Å². The first-order valence-corrected chi connectivity index (χ1v) is 8.89. The van der Waals surface area contributed by atoms with Crippen LogP contribution in [0.15, 0.2) is 18.7 Å². The Bertz CT molecular complexity index is 525. The van der Waals surface area contributed by atoms with Crippen LogP contribution in [0.2, 0.25) is 0 Å². The molecule has 1 heterocycles. The van der Waals surface area contributed by atoms with E-state index in [-0.39, 0.29) is 6.04 Å². The molecule has 1 aromatic rings. The first kappa shape index (κ1) is 18.1. The maximum absolute atomic E-state index is 11.4. The van der Waals surface area contributed by atoms with Gasteiger partial charge in [-0.1, -0.05) is 27.2 Å². The molecule has 0 aromatic carbocycles. The highest BCUT2D eigenvalue weighted by atomic mass is 32.2. The molecular formula is C14H28N3O3S+. The van der Waals surface area contributed by atoms with Crippen molar-refractivity contribution in [2.45, 2.75) is 59.2 Å². The van der Waals surface area contributed by atoms with Crippen molar-refractivity contribution >= 4 is 10.3 Å². The topological polar surface area (TPSA) is 66.4 Å². The minimum absolute atomic E-state index is 0.257. The van der Waals surface area contributed by atoms with Gasteiger partial charge in [0.2, 0.25) is 6.33 Å². The van der Waals surface area contributed by atoms with Gasteiger partial charge in [0.25, 0.3) is 0 Å². The average molecular weight is 318 g/mol. The quantitative estimate of drug-likeness (QED) is 0.557. The van der Waals surface area contributed by atoms with E-state index in [2.05, 4.69) is 11.5 Å². The third-order valence-electron chi connectivity index (χ3n) is 3.56. The van der Waals surface area contributed by atoms with E-state index in [1.54, 1.807) is 0 Å². The van der Waals surface area contributed by atoms with Gasteiger partial charge >= 0.3 is 10.3 Å². The van der Waals surface area contributed by atoms with Crippen molar-refractivity contribution in [2.24, 2.45) is 5.92 Å². The van der Waals surface area contributed by atoms with Crippen LogP contribution < -0.4 is 4.57 Å². The molecule has 0 radical (unpaired) electrons. The summed E-state index contributed by atoms with van der Waals surface area (Å²) in [6.45, 7) is 7.74. The van der Waals surface area contributed by atoms with Crippen LogP contribution >= 0.6 is 0 Å². The van der Waals surface area contributed by atoms with E-state index in [0.717, 1.165) is 23.7 Å². The van der Waals surface area contributed by atoms with Gasteiger partial charge in [-0.2, -0.15) is 12.7 Å². The Morgan fingerprint density at radius 1 is 1.38 bits per heavy atom. The molecule has 0 aliphatic heterocycles. The summed E-state index contributed by atoms with van der Waals surface area (Å²) in [4.78, 5) is 0. The van der Waals surface area contributed by atoms with Crippen LogP contribution in [-0.2, 0) is 23.4 Å². The van der Waals surface area contributed by atoms with Crippen molar-refractivity contribution in [3.8, 4) is 0 Å². The molecule has 0 fully saturated rings. The number of aromatic nitrogens is 2. The predicted molar refractivity (Wildman–Crippen MR) is 82.1 cm³/mol. The van der Waals surface area contributed by atoms with Crippen molar-refractivity contribution in [2.75, 3.05) is 7.05 Å². The van der Waals surface area contributed by atoms with Gasteiger partial charge in [0.1, 0.15) is 18.9 Å². The highest BCUT2D eigenvalue weighted by molar-refractivity contribution is 7.83. The van der Waals surface area contributed by atoms with E-state index in [1.807, 2.05) is 37.1 Å². The SMILES string of the molecule is CCCCn1cc[n+](C[C@H](CC(C)C)N(C)S(=O)(=O)O)c1. The zero-order valence-electron chi connectivity index (χ0n) is 13.4. The summed E-state index contributed by atoms with van der Waals surface area (Å²) in [5.41, 5.74) is 0. The number of unbranched alkanes of at least 4 members (excludes halogenated alkanes) is 1. The van der Waals surface area contributed by atoms with Gasteiger partial charge in [-0.15, -0.1) is 0 Å². The van der Waals surface area contributed by atoms with Crippen molar-refractivity contribution in [3.63, 3.8) is 0 Å². The highest BCUT2D eigenvalue weighted by Crippen LogP contribution is 2.13. The maximum atomic E-state index is 11.4. The van der Waals surface area contributed by atoms with Crippen LogP contribution in [0.5, 0.6) is 0 Å². The molecule has 0 saturated carbocycles. The van der Waals surface area contributed by atoms with Gasteiger partial charge in [-0.3, -0.25) is 4.55 Å². The summed E-state index contributed by atoms with van der Waals surface area (Å²) in [6.07, 6.45) is 8.88. The Morgan fingerprint density at radius 2 is 2.05 bits per heavy atom. The van der Waals surface area contributed by atoms with Gasteiger partial charge in [-0.25, -0.2) is 9.13 Å². The number of rotatable bonds is 9. The van der Waals surface area contributed by atoms with Gasteiger partial charge in [0, 0.05) is 7.05 Å². The summed E-state index contributed by atoms with van der Waals surface area (Å²) in [7, 11) is -2.73. The molecule has 0 spiro atoms. The van der Waals surface area contributed by atoms with Gasteiger partial charge < -0.3 is 0 Å². The molecule has 21 heavy (non-hydrogen) atoms. The lowest BCUT2D eigenvalue weighted by molar-refractivity contribution is -0.700. The van der Waals surface area contributed by atoms with Gasteiger partial charge in [-0.05, 0) is 18.8 Å². The van der Waals surface area contributed by atoms with E-state index in [1.165, 1.54) is 7.05 Å². The normalized spacial score (nSPS) is 14.0. The summed E-state index contributed by atoms with van der Waals surface area (Å²) in [5.74, 6) is 0.349. The standard InChI is InChI=1S/C14H27N3O3S/c1-5-6-7-16-8-9-17(12-16)11-14(10-13(2)3)15(4)21(18,19)20/h8-9,12-14H,5-7,10-11H2,1-4H3/p+1/t14-/m0/s1. The summed E-state index contributed by atoms with van der Waals surface area (Å²) in [5, 5.41) is 0. The lowest BCUT2D eigenvalue weighted by Gasteiger charge is -2.24. The minimum atomic E-state index is -4.16.